The molecular weight excluding hydrogens is 308 g/mol. The van der Waals surface area contributed by atoms with Gasteiger partial charge in [0.25, 0.3) is 0 Å². The molecule has 1 aromatic rings. The van der Waals surface area contributed by atoms with E-state index in [-0.39, 0.29) is 11.9 Å². The molecule has 2 atom stereocenters. The Morgan fingerprint density at radius 1 is 1.48 bits per heavy atom. The van der Waals surface area contributed by atoms with Gasteiger partial charge in [0, 0.05) is 24.6 Å². The van der Waals surface area contributed by atoms with Crippen molar-refractivity contribution in [2.24, 2.45) is 0 Å². The summed E-state index contributed by atoms with van der Waals surface area (Å²) in [6.07, 6.45) is 5.62. The Kier molecular flexibility index (Phi) is 8.06. The highest BCUT2D eigenvalue weighted by atomic mass is 32.1. The normalized spacial score (nSPS) is 20.9. The summed E-state index contributed by atoms with van der Waals surface area (Å²) in [5.41, 5.74) is 0. The van der Waals surface area contributed by atoms with E-state index in [1.807, 2.05) is 6.92 Å². The maximum absolute atomic E-state index is 12.4. The third-order valence-corrected chi connectivity index (χ3v) is 5.38. The summed E-state index contributed by atoms with van der Waals surface area (Å²) in [5.74, 6) is 0.148. The molecule has 130 valence electrons. The van der Waals surface area contributed by atoms with Gasteiger partial charge in [0.2, 0.25) is 5.91 Å². The molecule has 1 aliphatic heterocycles. The van der Waals surface area contributed by atoms with Crippen LogP contribution in [0.15, 0.2) is 17.5 Å². The van der Waals surface area contributed by atoms with E-state index in [4.69, 9.17) is 4.74 Å². The van der Waals surface area contributed by atoms with Crippen molar-refractivity contribution >= 4 is 17.2 Å². The molecule has 0 unspecified atom stereocenters. The minimum Gasteiger partial charge on any atom is -0.378 e. The van der Waals surface area contributed by atoms with Crippen LogP contribution in [0.5, 0.6) is 0 Å². The van der Waals surface area contributed by atoms with Crippen molar-refractivity contribution in [2.45, 2.75) is 58.1 Å². The lowest BCUT2D eigenvalue weighted by atomic mass is 10.1. The van der Waals surface area contributed by atoms with Crippen LogP contribution in [0, 0.1) is 0 Å². The molecule has 0 saturated carbocycles. The summed E-state index contributed by atoms with van der Waals surface area (Å²) in [6, 6.07) is 4.12. The topological polar surface area (TPSA) is 41.6 Å². The lowest BCUT2D eigenvalue weighted by molar-refractivity contribution is -0.125. The van der Waals surface area contributed by atoms with Crippen LogP contribution >= 0.6 is 11.3 Å². The van der Waals surface area contributed by atoms with Crippen molar-refractivity contribution in [3.8, 4) is 0 Å². The number of rotatable bonds is 8. The number of amides is 1. The molecule has 0 aliphatic carbocycles. The van der Waals surface area contributed by atoms with Crippen LogP contribution in [0.1, 0.15) is 44.4 Å². The van der Waals surface area contributed by atoms with Gasteiger partial charge < -0.3 is 10.1 Å². The second kappa shape index (κ2) is 10.1. The molecule has 23 heavy (non-hydrogen) atoms. The standard InChI is InChI=1S/C18H30N2O2S/c1-3-13-22-16-6-4-11-20(12-9-16)15(2)18(21)19-10-8-17-7-5-14-23-17/h5,7,14-16H,3-4,6,8-13H2,1-2H3,(H,19,21)/t15-,16+/m1/s1. The van der Waals surface area contributed by atoms with E-state index in [0.29, 0.717) is 6.10 Å². The lowest BCUT2D eigenvalue weighted by Gasteiger charge is -2.26. The predicted octanol–water partition coefficient (Wildman–Crippen LogP) is 3.08. The number of ether oxygens (including phenoxy) is 1. The number of thiophene rings is 1. The van der Waals surface area contributed by atoms with E-state index in [1.165, 1.54) is 4.88 Å². The highest BCUT2D eigenvalue weighted by Gasteiger charge is 2.24. The van der Waals surface area contributed by atoms with Crippen LogP contribution in [0.2, 0.25) is 0 Å². The fourth-order valence-corrected chi connectivity index (χ4v) is 3.71. The first-order chi connectivity index (χ1) is 11.2. The number of carbonyl (C=O) groups is 1. The van der Waals surface area contributed by atoms with Gasteiger partial charge in [0.1, 0.15) is 0 Å². The van der Waals surface area contributed by atoms with Gasteiger partial charge in [0.05, 0.1) is 12.1 Å². The number of likely N-dealkylation sites (tertiary alicyclic amines) is 1. The summed E-state index contributed by atoms with van der Waals surface area (Å²) >= 11 is 1.74. The van der Waals surface area contributed by atoms with Gasteiger partial charge in [-0.3, -0.25) is 9.69 Å². The maximum Gasteiger partial charge on any atom is 0.237 e. The van der Waals surface area contributed by atoms with Crippen molar-refractivity contribution in [1.82, 2.24) is 10.2 Å². The number of hydrogen-bond donors (Lipinski definition) is 1. The Morgan fingerprint density at radius 3 is 3.09 bits per heavy atom. The largest absolute Gasteiger partial charge is 0.378 e. The van der Waals surface area contributed by atoms with Crippen LogP contribution in [-0.2, 0) is 16.0 Å². The smallest absolute Gasteiger partial charge is 0.237 e. The lowest BCUT2D eigenvalue weighted by Crippen LogP contribution is -2.46. The molecule has 1 saturated heterocycles. The number of hydrogen-bond acceptors (Lipinski definition) is 4. The SMILES string of the molecule is CCCO[C@H]1CCCN([C@H](C)C(=O)NCCc2cccs2)CC1. The van der Waals surface area contributed by atoms with Gasteiger partial charge >= 0.3 is 0 Å². The van der Waals surface area contributed by atoms with Gasteiger partial charge in [-0.05, 0) is 57.0 Å². The molecule has 2 heterocycles. The number of nitrogens with one attached hydrogen (secondary N) is 1. The van der Waals surface area contributed by atoms with Crippen LogP contribution in [0.3, 0.4) is 0 Å². The molecule has 4 nitrogen and oxygen atoms in total. The fraction of sp³-hybridized carbons (Fsp3) is 0.722. The first-order valence-electron chi connectivity index (χ1n) is 8.86. The van der Waals surface area contributed by atoms with Crippen molar-refractivity contribution < 1.29 is 9.53 Å². The minimum absolute atomic E-state index is 0.0525. The van der Waals surface area contributed by atoms with E-state index in [2.05, 4.69) is 34.7 Å². The first-order valence-corrected chi connectivity index (χ1v) is 9.74. The van der Waals surface area contributed by atoms with E-state index < -0.39 is 0 Å². The molecule has 1 aliphatic rings. The minimum atomic E-state index is -0.0525. The van der Waals surface area contributed by atoms with Crippen molar-refractivity contribution in [1.29, 1.82) is 0 Å². The molecule has 1 amide bonds. The zero-order valence-corrected chi connectivity index (χ0v) is 15.2. The Balaban J connectivity index is 1.71. The molecule has 1 fully saturated rings. The van der Waals surface area contributed by atoms with Gasteiger partial charge in [-0.1, -0.05) is 13.0 Å². The average molecular weight is 339 g/mol. The molecule has 5 heteroatoms. The summed E-state index contributed by atoms with van der Waals surface area (Å²) in [4.78, 5) is 16.0. The molecule has 1 N–H and O–H groups in total. The Morgan fingerprint density at radius 2 is 2.35 bits per heavy atom. The summed E-state index contributed by atoms with van der Waals surface area (Å²) in [6.45, 7) is 7.68. The third kappa shape index (κ3) is 6.24. The molecule has 1 aromatic heterocycles. The third-order valence-electron chi connectivity index (χ3n) is 4.45. The van der Waals surface area contributed by atoms with Crippen LogP contribution in [-0.4, -0.2) is 49.2 Å². The maximum atomic E-state index is 12.4. The highest BCUT2D eigenvalue weighted by Crippen LogP contribution is 2.16. The van der Waals surface area contributed by atoms with Gasteiger partial charge in [-0.15, -0.1) is 11.3 Å². The zero-order chi connectivity index (χ0) is 16.5. The van der Waals surface area contributed by atoms with Crippen molar-refractivity contribution in [3.63, 3.8) is 0 Å². The quantitative estimate of drug-likeness (QED) is 0.792. The zero-order valence-electron chi connectivity index (χ0n) is 14.4. The second-order valence-electron chi connectivity index (χ2n) is 6.26. The second-order valence-corrected chi connectivity index (χ2v) is 7.29. The molecule has 0 spiro atoms. The van der Waals surface area contributed by atoms with Crippen molar-refractivity contribution in [2.75, 3.05) is 26.2 Å². The molecule has 0 radical (unpaired) electrons. The number of carbonyl (C=O) groups excluding carboxylic acids is 1. The summed E-state index contributed by atoms with van der Waals surface area (Å²) < 4.78 is 5.88. The molecule has 2 rings (SSSR count). The fourth-order valence-electron chi connectivity index (χ4n) is 3.00. The van der Waals surface area contributed by atoms with Crippen LogP contribution in [0.4, 0.5) is 0 Å². The Bertz CT molecular complexity index is 450. The van der Waals surface area contributed by atoms with Gasteiger partial charge in [-0.2, -0.15) is 0 Å². The molecule has 0 bridgehead atoms. The van der Waals surface area contributed by atoms with E-state index in [0.717, 1.165) is 58.3 Å². The molecule has 0 aromatic carbocycles. The number of nitrogens with zero attached hydrogens (tertiary/aromatic N) is 1. The van der Waals surface area contributed by atoms with Gasteiger partial charge in [-0.25, -0.2) is 0 Å². The van der Waals surface area contributed by atoms with E-state index in [9.17, 15) is 4.79 Å². The van der Waals surface area contributed by atoms with Crippen LogP contribution < -0.4 is 5.32 Å². The van der Waals surface area contributed by atoms with E-state index >= 15 is 0 Å². The summed E-state index contributed by atoms with van der Waals surface area (Å²) in [7, 11) is 0. The Hall–Kier alpha value is -0.910. The van der Waals surface area contributed by atoms with Crippen LogP contribution in [0.25, 0.3) is 0 Å². The van der Waals surface area contributed by atoms with E-state index in [1.54, 1.807) is 11.3 Å². The van der Waals surface area contributed by atoms with Gasteiger partial charge in [0.15, 0.2) is 0 Å². The Labute approximate surface area is 144 Å². The summed E-state index contributed by atoms with van der Waals surface area (Å²) in [5, 5.41) is 5.16. The highest BCUT2D eigenvalue weighted by molar-refractivity contribution is 7.09. The molecular formula is C18H30N2O2S. The average Bonchev–Trinajstić information content (AvgIpc) is 2.96. The predicted molar refractivity (Wildman–Crippen MR) is 95.9 cm³/mol. The van der Waals surface area contributed by atoms with Crippen molar-refractivity contribution in [3.05, 3.63) is 22.4 Å². The first kappa shape index (κ1) is 18.4. The monoisotopic (exact) mass is 338 g/mol.